The van der Waals surface area contributed by atoms with Crippen LogP contribution in [0.5, 0.6) is 5.75 Å². The Morgan fingerprint density at radius 1 is 1.29 bits per heavy atom. The van der Waals surface area contributed by atoms with E-state index in [1.54, 1.807) is 18.4 Å². The summed E-state index contributed by atoms with van der Waals surface area (Å²) in [5, 5.41) is 2.87. The summed E-state index contributed by atoms with van der Waals surface area (Å²) in [6.07, 6.45) is 3.97. The molecule has 1 amide bonds. The van der Waals surface area contributed by atoms with Crippen LogP contribution in [0.1, 0.15) is 24.6 Å². The van der Waals surface area contributed by atoms with Crippen LogP contribution in [0.2, 0.25) is 0 Å². The van der Waals surface area contributed by atoms with Crippen LogP contribution < -0.4 is 10.1 Å². The molecule has 1 N–H and O–H groups in total. The minimum atomic E-state index is -0.389. The molecule has 1 aliphatic rings. The first-order valence-electron chi connectivity index (χ1n) is 8.15. The van der Waals surface area contributed by atoms with Crippen molar-refractivity contribution in [2.24, 2.45) is 0 Å². The molecule has 1 aromatic carbocycles. The molecular formula is C18H21FN2O3. The zero-order valence-electron chi connectivity index (χ0n) is 13.4. The van der Waals surface area contributed by atoms with Crippen molar-refractivity contribution in [2.75, 3.05) is 26.2 Å². The van der Waals surface area contributed by atoms with Crippen LogP contribution in [0.25, 0.3) is 0 Å². The molecule has 6 heteroatoms. The van der Waals surface area contributed by atoms with Gasteiger partial charge in [-0.25, -0.2) is 4.39 Å². The summed E-state index contributed by atoms with van der Waals surface area (Å²) in [5.74, 6) is 0.561. The number of carbonyl (C=O) groups is 1. The van der Waals surface area contributed by atoms with Gasteiger partial charge >= 0.3 is 0 Å². The monoisotopic (exact) mass is 332 g/mol. The molecule has 1 unspecified atom stereocenters. The van der Waals surface area contributed by atoms with Crippen molar-refractivity contribution in [3.05, 3.63) is 54.2 Å². The first kappa shape index (κ1) is 16.5. The van der Waals surface area contributed by atoms with E-state index in [1.807, 2.05) is 12.1 Å². The van der Waals surface area contributed by atoms with E-state index in [2.05, 4.69) is 10.2 Å². The molecule has 1 aliphatic heterocycles. The molecule has 0 spiro atoms. The summed E-state index contributed by atoms with van der Waals surface area (Å²) < 4.78 is 23.9. The van der Waals surface area contributed by atoms with Crippen LogP contribution in [0.3, 0.4) is 0 Å². The second-order valence-electron chi connectivity index (χ2n) is 5.82. The molecule has 1 atom stereocenters. The molecular weight excluding hydrogens is 311 g/mol. The highest BCUT2D eigenvalue weighted by atomic mass is 19.1. The zero-order valence-corrected chi connectivity index (χ0v) is 13.4. The van der Waals surface area contributed by atoms with E-state index in [0.29, 0.717) is 12.3 Å². The fraction of sp³-hybridized carbons (Fsp3) is 0.389. The second-order valence-corrected chi connectivity index (χ2v) is 5.82. The Hall–Kier alpha value is -2.34. The summed E-state index contributed by atoms with van der Waals surface area (Å²) >= 11 is 0. The number of furan rings is 1. The van der Waals surface area contributed by atoms with Crippen molar-refractivity contribution in [3.8, 4) is 5.75 Å². The standard InChI is InChI=1S/C18H21FN2O3/c19-14-5-3-6-15(11-14)24-13-18(22)20-12-16(17-7-4-10-23-17)21-8-1-2-9-21/h3-7,10-11,16H,1-2,8-9,12-13H2,(H,20,22). The Morgan fingerprint density at radius 3 is 2.83 bits per heavy atom. The molecule has 128 valence electrons. The maximum absolute atomic E-state index is 13.1. The molecule has 3 rings (SSSR count). The van der Waals surface area contributed by atoms with Gasteiger partial charge in [-0.3, -0.25) is 9.69 Å². The average Bonchev–Trinajstić information content (AvgIpc) is 3.27. The van der Waals surface area contributed by atoms with Gasteiger partial charge in [0.25, 0.3) is 5.91 Å². The Morgan fingerprint density at radius 2 is 2.12 bits per heavy atom. The van der Waals surface area contributed by atoms with E-state index in [-0.39, 0.29) is 24.4 Å². The first-order valence-corrected chi connectivity index (χ1v) is 8.15. The number of nitrogens with one attached hydrogen (secondary N) is 1. The number of nitrogens with zero attached hydrogens (tertiary/aromatic N) is 1. The van der Waals surface area contributed by atoms with Gasteiger partial charge in [0, 0.05) is 12.6 Å². The highest BCUT2D eigenvalue weighted by Crippen LogP contribution is 2.24. The lowest BCUT2D eigenvalue weighted by atomic mass is 10.2. The van der Waals surface area contributed by atoms with Gasteiger partial charge in [0.1, 0.15) is 17.3 Å². The number of ether oxygens (including phenoxy) is 1. The van der Waals surface area contributed by atoms with Gasteiger partial charge in [0.15, 0.2) is 6.61 Å². The van der Waals surface area contributed by atoms with Crippen LogP contribution >= 0.6 is 0 Å². The van der Waals surface area contributed by atoms with E-state index >= 15 is 0 Å². The number of carbonyl (C=O) groups excluding carboxylic acids is 1. The molecule has 1 fully saturated rings. The van der Waals surface area contributed by atoms with Gasteiger partial charge in [0.05, 0.1) is 12.3 Å². The summed E-state index contributed by atoms with van der Waals surface area (Å²) in [4.78, 5) is 14.3. The lowest BCUT2D eigenvalue weighted by molar-refractivity contribution is -0.123. The maximum Gasteiger partial charge on any atom is 0.258 e. The van der Waals surface area contributed by atoms with Crippen LogP contribution in [0.15, 0.2) is 47.1 Å². The third kappa shape index (κ3) is 4.35. The fourth-order valence-corrected chi connectivity index (χ4v) is 2.91. The summed E-state index contributed by atoms with van der Waals surface area (Å²) in [6.45, 7) is 2.31. The summed E-state index contributed by atoms with van der Waals surface area (Å²) in [6, 6.07) is 9.56. The molecule has 24 heavy (non-hydrogen) atoms. The fourth-order valence-electron chi connectivity index (χ4n) is 2.91. The van der Waals surface area contributed by atoms with E-state index in [4.69, 9.17) is 9.15 Å². The number of amides is 1. The first-order chi connectivity index (χ1) is 11.7. The number of hydrogen-bond acceptors (Lipinski definition) is 4. The topological polar surface area (TPSA) is 54.7 Å². The maximum atomic E-state index is 13.1. The average molecular weight is 332 g/mol. The Kier molecular flexibility index (Phi) is 5.48. The highest BCUT2D eigenvalue weighted by molar-refractivity contribution is 5.77. The van der Waals surface area contributed by atoms with Crippen molar-refractivity contribution >= 4 is 5.91 Å². The highest BCUT2D eigenvalue weighted by Gasteiger charge is 2.25. The minimum Gasteiger partial charge on any atom is -0.484 e. The van der Waals surface area contributed by atoms with E-state index in [0.717, 1.165) is 31.7 Å². The molecule has 2 aromatic rings. The van der Waals surface area contributed by atoms with Crippen LogP contribution in [-0.2, 0) is 4.79 Å². The van der Waals surface area contributed by atoms with Crippen LogP contribution in [0, 0.1) is 5.82 Å². The van der Waals surface area contributed by atoms with Crippen LogP contribution in [0.4, 0.5) is 4.39 Å². The number of halogens is 1. The van der Waals surface area contributed by atoms with Crippen molar-refractivity contribution < 1.29 is 18.3 Å². The number of hydrogen-bond donors (Lipinski definition) is 1. The van der Waals surface area contributed by atoms with Crippen molar-refractivity contribution in [1.82, 2.24) is 10.2 Å². The van der Waals surface area contributed by atoms with Gasteiger partial charge in [-0.2, -0.15) is 0 Å². The van der Waals surface area contributed by atoms with E-state index in [1.165, 1.54) is 12.1 Å². The van der Waals surface area contributed by atoms with Crippen molar-refractivity contribution in [2.45, 2.75) is 18.9 Å². The summed E-state index contributed by atoms with van der Waals surface area (Å²) in [7, 11) is 0. The molecule has 0 bridgehead atoms. The molecule has 5 nitrogen and oxygen atoms in total. The van der Waals surface area contributed by atoms with Crippen molar-refractivity contribution in [3.63, 3.8) is 0 Å². The lowest BCUT2D eigenvalue weighted by Gasteiger charge is -2.26. The number of rotatable bonds is 7. The third-order valence-electron chi connectivity index (χ3n) is 4.11. The third-order valence-corrected chi connectivity index (χ3v) is 4.11. The summed E-state index contributed by atoms with van der Waals surface area (Å²) in [5.41, 5.74) is 0. The SMILES string of the molecule is O=C(COc1cccc(F)c1)NCC(c1ccco1)N1CCCC1. The van der Waals surface area contributed by atoms with Gasteiger partial charge in [-0.05, 0) is 50.2 Å². The molecule has 1 saturated heterocycles. The largest absolute Gasteiger partial charge is 0.484 e. The molecule has 0 radical (unpaired) electrons. The zero-order chi connectivity index (χ0) is 16.8. The second kappa shape index (κ2) is 7.97. The van der Waals surface area contributed by atoms with Gasteiger partial charge in [-0.15, -0.1) is 0 Å². The molecule has 0 saturated carbocycles. The normalized spacial score (nSPS) is 16.0. The Balaban J connectivity index is 1.51. The van der Waals surface area contributed by atoms with E-state index < -0.39 is 0 Å². The lowest BCUT2D eigenvalue weighted by Crippen LogP contribution is -2.38. The van der Waals surface area contributed by atoms with Crippen LogP contribution in [-0.4, -0.2) is 37.0 Å². The minimum absolute atomic E-state index is 0.0284. The van der Waals surface area contributed by atoms with E-state index in [9.17, 15) is 9.18 Å². The quantitative estimate of drug-likeness (QED) is 0.847. The number of benzene rings is 1. The molecule has 1 aromatic heterocycles. The predicted octanol–water partition coefficient (Wildman–Crippen LogP) is 2.75. The van der Waals surface area contributed by atoms with Gasteiger partial charge in [-0.1, -0.05) is 6.07 Å². The van der Waals surface area contributed by atoms with Crippen molar-refractivity contribution in [1.29, 1.82) is 0 Å². The molecule has 0 aliphatic carbocycles. The Labute approximate surface area is 140 Å². The van der Waals surface area contributed by atoms with Gasteiger partial charge < -0.3 is 14.5 Å². The predicted molar refractivity (Wildman–Crippen MR) is 87.2 cm³/mol. The Bertz CT molecular complexity index is 654. The molecule has 2 heterocycles. The number of likely N-dealkylation sites (tertiary alicyclic amines) is 1. The van der Waals surface area contributed by atoms with Gasteiger partial charge in [0.2, 0.25) is 0 Å². The smallest absolute Gasteiger partial charge is 0.258 e.